The molecule has 1 aliphatic rings. The van der Waals surface area contributed by atoms with Gasteiger partial charge in [0.2, 0.25) is 5.91 Å². The topological polar surface area (TPSA) is 58.4 Å². The van der Waals surface area contributed by atoms with Gasteiger partial charge in [0.1, 0.15) is 0 Å². The number of likely N-dealkylation sites (tertiary alicyclic amines) is 1. The third kappa shape index (κ3) is 4.70. The van der Waals surface area contributed by atoms with E-state index in [9.17, 15) is 4.79 Å². The van der Waals surface area contributed by atoms with Gasteiger partial charge in [0.15, 0.2) is 0 Å². The van der Waals surface area contributed by atoms with Crippen molar-refractivity contribution in [3.05, 3.63) is 35.9 Å². The molecule has 1 unspecified atom stereocenters. The number of amides is 1. The number of carbonyl (C=O) groups is 1. The minimum atomic E-state index is -0.0477. The summed E-state index contributed by atoms with van der Waals surface area (Å²) >= 11 is 0. The normalized spacial score (nSPS) is 17.4. The molecule has 1 aromatic carbocycles. The molecule has 1 saturated heterocycles. The molecule has 0 aromatic heterocycles. The van der Waals surface area contributed by atoms with Gasteiger partial charge in [-0.1, -0.05) is 12.1 Å². The zero-order valence-corrected chi connectivity index (χ0v) is 12.0. The second-order valence-electron chi connectivity index (χ2n) is 5.42. The SMILES string of the molecule is CC(CN1CCCC1)NC(=O)/C=C/c1ccc(N)cc1. The Kier molecular flexibility index (Phi) is 5.18. The fraction of sp³-hybridized carbons (Fsp3) is 0.438. The molecule has 3 N–H and O–H groups in total. The molecule has 2 rings (SSSR count). The van der Waals surface area contributed by atoms with E-state index in [2.05, 4.69) is 10.2 Å². The average molecular weight is 273 g/mol. The third-order valence-corrected chi connectivity index (χ3v) is 3.48. The fourth-order valence-electron chi connectivity index (χ4n) is 2.47. The maximum Gasteiger partial charge on any atom is 0.244 e. The first-order chi connectivity index (χ1) is 9.63. The number of nitrogens with two attached hydrogens (primary N) is 1. The van der Waals surface area contributed by atoms with E-state index >= 15 is 0 Å². The van der Waals surface area contributed by atoms with Crippen molar-refractivity contribution >= 4 is 17.7 Å². The summed E-state index contributed by atoms with van der Waals surface area (Å²) in [6.45, 7) is 5.29. The van der Waals surface area contributed by atoms with Gasteiger partial charge in [-0.3, -0.25) is 4.79 Å². The van der Waals surface area contributed by atoms with Crippen LogP contribution in [0.15, 0.2) is 30.3 Å². The Balaban J connectivity index is 1.77. The van der Waals surface area contributed by atoms with Crippen molar-refractivity contribution in [3.8, 4) is 0 Å². The summed E-state index contributed by atoms with van der Waals surface area (Å²) in [5, 5.41) is 3.00. The predicted octanol–water partition coefficient (Wildman–Crippen LogP) is 1.88. The molecular weight excluding hydrogens is 250 g/mol. The minimum absolute atomic E-state index is 0.0477. The van der Waals surface area contributed by atoms with E-state index in [0.29, 0.717) is 0 Å². The van der Waals surface area contributed by atoms with Gasteiger partial charge in [0.25, 0.3) is 0 Å². The highest BCUT2D eigenvalue weighted by Gasteiger charge is 2.14. The third-order valence-electron chi connectivity index (χ3n) is 3.48. The van der Waals surface area contributed by atoms with Gasteiger partial charge in [0.05, 0.1) is 0 Å². The number of rotatable bonds is 5. The summed E-state index contributed by atoms with van der Waals surface area (Å²) in [7, 11) is 0. The van der Waals surface area contributed by atoms with Crippen molar-refractivity contribution in [2.24, 2.45) is 0 Å². The van der Waals surface area contributed by atoms with Crippen LogP contribution in [0.3, 0.4) is 0 Å². The molecule has 1 atom stereocenters. The Morgan fingerprint density at radius 1 is 1.35 bits per heavy atom. The van der Waals surface area contributed by atoms with Crippen molar-refractivity contribution in [2.45, 2.75) is 25.8 Å². The lowest BCUT2D eigenvalue weighted by molar-refractivity contribution is -0.117. The number of benzene rings is 1. The van der Waals surface area contributed by atoms with Crippen LogP contribution in [0.1, 0.15) is 25.3 Å². The number of hydrogen-bond donors (Lipinski definition) is 2. The Bertz CT molecular complexity index is 461. The van der Waals surface area contributed by atoms with Gasteiger partial charge in [-0.05, 0) is 56.6 Å². The second kappa shape index (κ2) is 7.10. The van der Waals surface area contributed by atoms with Crippen LogP contribution in [0.5, 0.6) is 0 Å². The molecule has 1 heterocycles. The molecule has 20 heavy (non-hydrogen) atoms. The summed E-state index contributed by atoms with van der Waals surface area (Å²) in [6, 6.07) is 7.62. The van der Waals surface area contributed by atoms with Crippen LogP contribution in [-0.2, 0) is 4.79 Å². The molecule has 4 nitrogen and oxygen atoms in total. The molecule has 0 aliphatic carbocycles. The maximum atomic E-state index is 11.8. The van der Waals surface area contributed by atoms with Gasteiger partial charge in [-0.15, -0.1) is 0 Å². The van der Waals surface area contributed by atoms with Crippen molar-refractivity contribution in [3.63, 3.8) is 0 Å². The van der Waals surface area contributed by atoms with E-state index in [4.69, 9.17) is 5.73 Å². The second-order valence-corrected chi connectivity index (χ2v) is 5.42. The molecule has 4 heteroatoms. The molecule has 1 aliphatic heterocycles. The fourth-order valence-corrected chi connectivity index (χ4v) is 2.47. The van der Waals surface area contributed by atoms with Crippen molar-refractivity contribution in [1.82, 2.24) is 10.2 Å². The number of carbonyl (C=O) groups excluding carboxylic acids is 1. The zero-order chi connectivity index (χ0) is 14.4. The Labute approximate surface area is 120 Å². The van der Waals surface area contributed by atoms with Crippen LogP contribution in [0.2, 0.25) is 0 Å². The first-order valence-electron chi connectivity index (χ1n) is 7.20. The number of nitrogen functional groups attached to an aromatic ring is 1. The standard InChI is InChI=1S/C16H23N3O/c1-13(12-19-10-2-3-11-19)18-16(20)9-6-14-4-7-15(17)8-5-14/h4-9,13H,2-3,10-12,17H2,1H3,(H,18,20)/b9-6+. The Morgan fingerprint density at radius 3 is 2.65 bits per heavy atom. The Morgan fingerprint density at radius 2 is 2.00 bits per heavy atom. The largest absolute Gasteiger partial charge is 0.399 e. The molecule has 1 amide bonds. The van der Waals surface area contributed by atoms with Crippen LogP contribution >= 0.6 is 0 Å². The van der Waals surface area contributed by atoms with Gasteiger partial charge in [0, 0.05) is 24.4 Å². The lowest BCUT2D eigenvalue weighted by Gasteiger charge is -2.20. The highest BCUT2D eigenvalue weighted by atomic mass is 16.1. The van der Waals surface area contributed by atoms with Crippen LogP contribution in [-0.4, -0.2) is 36.5 Å². The van der Waals surface area contributed by atoms with E-state index in [1.807, 2.05) is 31.2 Å². The molecule has 0 bridgehead atoms. The summed E-state index contributed by atoms with van der Waals surface area (Å²) in [5.41, 5.74) is 7.32. The van der Waals surface area contributed by atoms with E-state index < -0.39 is 0 Å². The predicted molar refractivity (Wildman–Crippen MR) is 83.2 cm³/mol. The highest BCUT2D eigenvalue weighted by Crippen LogP contribution is 2.08. The molecule has 0 saturated carbocycles. The first kappa shape index (κ1) is 14.6. The van der Waals surface area contributed by atoms with E-state index in [1.54, 1.807) is 12.2 Å². The summed E-state index contributed by atoms with van der Waals surface area (Å²) in [5.74, 6) is -0.0477. The van der Waals surface area contributed by atoms with E-state index in [1.165, 1.54) is 12.8 Å². The number of nitrogens with zero attached hydrogens (tertiary/aromatic N) is 1. The van der Waals surface area contributed by atoms with Gasteiger partial charge in [-0.2, -0.15) is 0 Å². The first-order valence-corrected chi connectivity index (χ1v) is 7.20. The van der Waals surface area contributed by atoms with E-state index in [-0.39, 0.29) is 11.9 Å². The highest BCUT2D eigenvalue weighted by molar-refractivity contribution is 5.91. The Hall–Kier alpha value is -1.81. The summed E-state index contributed by atoms with van der Waals surface area (Å²) in [4.78, 5) is 14.2. The van der Waals surface area contributed by atoms with Crippen molar-refractivity contribution in [1.29, 1.82) is 0 Å². The lowest BCUT2D eigenvalue weighted by Crippen LogP contribution is -2.40. The summed E-state index contributed by atoms with van der Waals surface area (Å²) < 4.78 is 0. The van der Waals surface area contributed by atoms with Gasteiger partial charge < -0.3 is 16.0 Å². The quantitative estimate of drug-likeness (QED) is 0.636. The number of nitrogens with one attached hydrogen (secondary N) is 1. The van der Waals surface area contributed by atoms with Crippen molar-refractivity contribution in [2.75, 3.05) is 25.4 Å². The van der Waals surface area contributed by atoms with Crippen LogP contribution in [0, 0.1) is 0 Å². The van der Waals surface area contributed by atoms with E-state index in [0.717, 1.165) is 30.9 Å². The van der Waals surface area contributed by atoms with Crippen LogP contribution < -0.4 is 11.1 Å². The lowest BCUT2D eigenvalue weighted by atomic mass is 10.2. The maximum absolute atomic E-state index is 11.8. The number of anilines is 1. The van der Waals surface area contributed by atoms with Gasteiger partial charge in [-0.25, -0.2) is 0 Å². The zero-order valence-electron chi connectivity index (χ0n) is 12.0. The monoisotopic (exact) mass is 273 g/mol. The molecule has 1 fully saturated rings. The smallest absolute Gasteiger partial charge is 0.244 e. The molecular formula is C16H23N3O. The van der Waals surface area contributed by atoms with Crippen LogP contribution in [0.4, 0.5) is 5.69 Å². The van der Waals surface area contributed by atoms with Crippen LogP contribution in [0.25, 0.3) is 6.08 Å². The van der Waals surface area contributed by atoms with Gasteiger partial charge >= 0.3 is 0 Å². The molecule has 1 aromatic rings. The van der Waals surface area contributed by atoms with Crippen molar-refractivity contribution < 1.29 is 4.79 Å². The molecule has 0 radical (unpaired) electrons. The molecule has 108 valence electrons. The number of hydrogen-bond acceptors (Lipinski definition) is 3. The minimum Gasteiger partial charge on any atom is -0.399 e. The molecule has 0 spiro atoms. The average Bonchev–Trinajstić information content (AvgIpc) is 2.90. The summed E-state index contributed by atoms with van der Waals surface area (Å²) in [6.07, 6.45) is 5.93.